The van der Waals surface area contributed by atoms with Gasteiger partial charge in [0, 0.05) is 10.4 Å². The number of halogens is 1. The number of hydrogen-bond donors (Lipinski definition) is 2. The van der Waals surface area contributed by atoms with Crippen molar-refractivity contribution in [3.8, 4) is 0 Å². The van der Waals surface area contributed by atoms with E-state index in [2.05, 4.69) is 13.8 Å². The number of aliphatic hydroxyl groups excluding tert-OH is 2. The normalized spacial score (nSPS) is 12.1. The van der Waals surface area contributed by atoms with Crippen LogP contribution in [0.2, 0.25) is 5.02 Å². The molecule has 1 aromatic carbocycles. The van der Waals surface area contributed by atoms with Crippen LogP contribution in [-0.4, -0.2) is 23.4 Å². The van der Waals surface area contributed by atoms with Crippen molar-refractivity contribution in [2.24, 2.45) is 5.92 Å². The summed E-state index contributed by atoms with van der Waals surface area (Å²) in [5.41, 5.74) is 0.221. The molecule has 0 radical (unpaired) electrons. The molecular formula is C15H23ClO2. The molecule has 102 valence electrons. The first-order chi connectivity index (χ1) is 8.63. The Kier molecular flexibility index (Phi) is 6.13. The van der Waals surface area contributed by atoms with Gasteiger partial charge in [0.05, 0.1) is 13.2 Å². The molecule has 2 nitrogen and oxygen atoms in total. The molecule has 0 spiro atoms. The van der Waals surface area contributed by atoms with Crippen molar-refractivity contribution in [3.05, 3.63) is 34.9 Å². The Morgan fingerprint density at radius 1 is 1.11 bits per heavy atom. The van der Waals surface area contributed by atoms with Gasteiger partial charge in [-0.25, -0.2) is 0 Å². The van der Waals surface area contributed by atoms with E-state index >= 15 is 0 Å². The molecule has 2 N–H and O–H groups in total. The Balaban J connectivity index is 3.10. The first-order valence-electron chi connectivity index (χ1n) is 6.60. The summed E-state index contributed by atoms with van der Waals surface area (Å²) in [6, 6.07) is 7.47. The number of rotatable bonds is 7. The highest BCUT2D eigenvalue weighted by molar-refractivity contribution is 6.31. The van der Waals surface area contributed by atoms with E-state index in [-0.39, 0.29) is 13.2 Å². The zero-order chi connectivity index (χ0) is 13.6. The van der Waals surface area contributed by atoms with E-state index in [0.717, 1.165) is 24.8 Å². The quantitative estimate of drug-likeness (QED) is 0.797. The topological polar surface area (TPSA) is 40.5 Å². The molecule has 0 unspecified atom stereocenters. The van der Waals surface area contributed by atoms with Gasteiger partial charge in [-0.15, -0.1) is 0 Å². The van der Waals surface area contributed by atoms with Gasteiger partial charge in [0.1, 0.15) is 0 Å². The molecule has 0 bridgehead atoms. The van der Waals surface area contributed by atoms with Crippen LogP contribution < -0.4 is 0 Å². The van der Waals surface area contributed by atoms with Crippen LogP contribution in [0.5, 0.6) is 0 Å². The van der Waals surface area contributed by atoms with Gasteiger partial charge in [-0.2, -0.15) is 0 Å². The van der Waals surface area contributed by atoms with Gasteiger partial charge in [-0.05, 0) is 24.0 Å². The van der Waals surface area contributed by atoms with Gasteiger partial charge in [0.2, 0.25) is 0 Å². The smallest absolute Gasteiger partial charge is 0.0550 e. The summed E-state index contributed by atoms with van der Waals surface area (Å²) < 4.78 is 0. The van der Waals surface area contributed by atoms with Crippen molar-refractivity contribution in [2.45, 2.75) is 38.5 Å². The maximum atomic E-state index is 9.78. The second-order valence-corrected chi connectivity index (χ2v) is 5.37. The van der Waals surface area contributed by atoms with Gasteiger partial charge >= 0.3 is 0 Å². The van der Waals surface area contributed by atoms with Crippen LogP contribution in [0, 0.1) is 5.92 Å². The third kappa shape index (κ3) is 3.25. The van der Waals surface area contributed by atoms with Crippen molar-refractivity contribution in [1.29, 1.82) is 0 Å². The zero-order valence-electron chi connectivity index (χ0n) is 11.2. The van der Waals surface area contributed by atoms with E-state index in [0.29, 0.717) is 10.9 Å². The molecule has 1 aromatic rings. The van der Waals surface area contributed by atoms with E-state index in [1.807, 2.05) is 24.3 Å². The standard InChI is InChI=1S/C15H23ClO2/c1-3-12(4-2)9-15(10-17,11-18)13-7-5-6-8-14(13)16/h5-8,12,17-18H,3-4,9-11H2,1-2H3. The first kappa shape index (κ1) is 15.5. The lowest BCUT2D eigenvalue weighted by Crippen LogP contribution is -2.37. The van der Waals surface area contributed by atoms with Crippen molar-refractivity contribution < 1.29 is 10.2 Å². The summed E-state index contributed by atoms with van der Waals surface area (Å²) in [4.78, 5) is 0. The maximum absolute atomic E-state index is 9.78. The highest BCUT2D eigenvalue weighted by Gasteiger charge is 2.34. The number of hydrogen-bond acceptors (Lipinski definition) is 2. The summed E-state index contributed by atoms with van der Waals surface area (Å²) in [5, 5.41) is 20.2. The van der Waals surface area contributed by atoms with Crippen LogP contribution in [0.15, 0.2) is 24.3 Å². The predicted octanol–water partition coefficient (Wildman–Crippen LogP) is 3.39. The van der Waals surface area contributed by atoms with E-state index < -0.39 is 5.41 Å². The Labute approximate surface area is 115 Å². The molecule has 0 saturated carbocycles. The Morgan fingerprint density at radius 3 is 2.11 bits per heavy atom. The van der Waals surface area contributed by atoms with Crippen LogP contribution in [0.1, 0.15) is 38.7 Å². The predicted molar refractivity (Wildman–Crippen MR) is 76.0 cm³/mol. The number of aliphatic hydroxyl groups is 2. The zero-order valence-corrected chi connectivity index (χ0v) is 12.0. The molecule has 0 fully saturated rings. The molecule has 0 saturated heterocycles. The summed E-state index contributed by atoms with van der Waals surface area (Å²) in [6.07, 6.45) is 2.85. The Hall–Kier alpha value is -0.570. The average Bonchev–Trinajstić information content (AvgIpc) is 2.42. The molecule has 18 heavy (non-hydrogen) atoms. The molecule has 0 aliphatic rings. The minimum Gasteiger partial charge on any atom is -0.395 e. The SMILES string of the molecule is CCC(CC)CC(CO)(CO)c1ccccc1Cl. The summed E-state index contributed by atoms with van der Waals surface area (Å²) in [7, 11) is 0. The second-order valence-electron chi connectivity index (χ2n) is 4.96. The third-order valence-electron chi connectivity index (χ3n) is 3.88. The molecule has 0 aliphatic carbocycles. The van der Waals surface area contributed by atoms with Crippen molar-refractivity contribution in [3.63, 3.8) is 0 Å². The molecule has 0 atom stereocenters. The van der Waals surface area contributed by atoms with E-state index in [9.17, 15) is 10.2 Å². The van der Waals surface area contributed by atoms with Crippen LogP contribution in [0.4, 0.5) is 0 Å². The van der Waals surface area contributed by atoms with E-state index in [1.165, 1.54) is 0 Å². The van der Waals surface area contributed by atoms with Gasteiger partial charge in [-0.3, -0.25) is 0 Å². The molecule has 1 rings (SSSR count). The van der Waals surface area contributed by atoms with Crippen molar-refractivity contribution in [1.82, 2.24) is 0 Å². The highest BCUT2D eigenvalue weighted by atomic mass is 35.5. The Bertz CT molecular complexity index is 357. The molecule has 3 heteroatoms. The lowest BCUT2D eigenvalue weighted by Gasteiger charge is -2.34. The summed E-state index contributed by atoms with van der Waals surface area (Å²) in [5.74, 6) is 0.487. The molecular weight excluding hydrogens is 248 g/mol. The third-order valence-corrected chi connectivity index (χ3v) is 4.21. The minimum atomic E-state index is -0.630. The number of benzene rings is 1. The molecule has 0 aromatic heterocycles. The molecule has 0 heterocycles. The monoisotopic (exact) mass is 270 g/mol. The summed E-state index contributed by atoms with van der Waals surface area (Å²) in [6.45, 7) is 4.12. The second kappa shape index (κ2) is 7.13. The van der Waals surface area contributed by atoms with E-state index in [4.69, 9.17) is 11.6 Å². The largest absolute Gasteiger partial charge is 0.395 e. The van der Waals surface area contributed by atoms with Crippen LogP contribution in [0.25, 0.3) is 0 Å². The van der Waals surface area contributed by atoms with Crippen LogP contribution in [-0.2, 0) is 5.41 Å². The van der Waals surface area contributed by atoms with Gasteiger partial charge < -0.3 is 10.2 Å². The Morgan fingerprint density at radius 2 is 1.67 bits per heavy atom. The molecule has 0 amide bonds. The summed E-state index contributed by atoms with van der Waals surface area (Å²) >= 11 is 6.21. The molecule has 0 aliphatic heterocycles. The van der Waals surface area contributed by atoms with E-state index in [1.54, 1.807) is 0 Å². The highest BCUT2D eigenvalue weighted by Crippen LogP contribution is 2.36. The fourth-order valence-electron chi connectivity index (χ4n) is 2.48. The van der Waals surface area contributed by atoms with Crippen LogP contribution >= 0.6 is 11.6 Å². The van der Waals surface area contributed by atoms with Crippen LogP contribution in [0.3, 0.4) is 0 Å². The average molecular weight is 271 g/mol. The lowest BCUT2D eigenvalue weighted by atomic mass is 9.73. The van der Waals surface area contributed by atoms with Crippen molar-refractivity contribution >= 4 is 11.6 Å². The maximum Gasteiger partial charge on any atom is 0.0550 e. The van der Waals surface area contributed by atoms with Crippen molar-refractivity contribution in [2.75, 3.05) is 13.2 Å². The first-order valence-corrected chi connectivity index (χ1v) is 6.98. The van der Waals surface area contributed by atoms with Gasteiger partial charge in [-0.1, -0.05) is 56.5 Å². The minimum absolute atomic E-state index is 0.0796. The fraction of sp³-hybridized carbons (Fsp3) is 0.600. The van der Waals surface area contributed by atoms with Gasteiger partial charge in [0.25, 0.3) is 0 Å². The lowest BCUT2D eigenvalue weighted by molar-refractivity contribution is 0.0934. The van der Waals surface area contributed by atoms with Gasteiger partial charge in [0.15, 0.2) is 0 Å². The fourth-order valence-corrected chi connectivity index (χ4v) is 2.82.